The molecule has 138 valence electrons. The summed E-state index contributed by atoms with van der Waals surface area (Å²) in [7, 11) is 0. The summed E-state index contributed by atoms with van der Waals surface area (Å²) >= 11 is 0. The first-order valence-corrected chi connectivity index (χ1v) is 8.20. The minimum absolute atomic E-state index is 0.0356. The maximum atomic E-state index is 11.2. The molecule has 0 heterocycles. The van der Waals surface area contributed by atoms with Crippen LogP contribution in [0, 0.1) is 10.1 Å². The molecule has 2 aromatic carbocycles. The second-order valence-corrected chi connectivity index (χ2v) is 7.08. The zero-order chi connectivity index (χ0) is 19.5. The van der Waals surface area contributed by atoms with E-state index in [1.54, 1.807) is 0 Å². The van der Waals surface area contributed by atoms with Crippen LogP contribution in [0.15, 0.2) is 42.5 Å². The number of nitrogens with one attached hydrogen (secondary N) is 1. The van der Waals surface area contributed by atoms with Crippen molar-refractivity contribution in [1.29, 1.82) is 0 Å². The summed E-state index contributed by atoms with van der Waals surface area (Å²) in [4.78, 5) is 21.9. The van der Waals surface area contributed by atoms with Gasteiger partial charge in [-0.05, 0) is 36.1 Å². The number of carbonyl (C=O) groups is 1. The van der Waals surface area contributed by atoms with Crippen LogP contribution in [0.5, 0.6) is 11.5 Å². The highest BCUT2D eigenvalue weighted by Gasteiger charge is 2.19. The standard InChI is InChI=1S/C19H23N3O4/c1-12(18(20)23)21-16-11-15(9-10-17(16)22(24)25)26-14-7-5-13(6-8-14)19(2,3)4/h5-12,21H,1-4H3,(H2,20,23). The number of rotatable bonds is 6. The van der Waals surface area contributed by atoms with Crippen molar-refractivity contribution in [2.75, 3.05) is 5.32 Å². The smallest absolute Gasteiger partial charge is 0.292 e. The van der Waals surface area contributed by atoms with Gasteiger partial charge in [-0.25, -0.2) is 0 Å². The lowest BCUT2D eigenvalue weighted by Gasteiger charge is -2.19. The third kappa shape index (κ3) is 4.72. The molecule has 1 unspecified atom stereocenters. The summed E-state index contributed by atoms with van der Waals surface area (Å²) in [6.07, 6.45) is 0. The van der Waals surface area contributed by atoms with E-state index in [1.807, 2.05) is 24.3 Å². The highest BCUT2D eigenvalue weighted by molar-refractivity contribution is 5.83. The summed E-state index contributed by atoms with van der Waals surface area (Å²) < 4.78 is 5.78. The van der Waals surface area contributed by atoms with Crippen LogP contribution < -0.4 is 15.8 Å². The molecular formula is C19H23N3O4. The van der Waals surface area contributed by atoms with Gasteiger partial charge in [0.2, 0.25) is 5.91 Å². The quantitative estimate of drug-likeness (QED) is 0.601. The van der Waals surface area contributed by atoms with E-state index in [0.29, 0.717) is 11.5 Å². The second-order valence-electron chi connectivity index (χ2n) is 7.08. The number of amides is 1. The van der Waals surface area contributed by atoms with Gasteiger partial charge in [-0.1, -0.05) is 32.9 Å². The Morgan fingerprint density at radius 2 is 1.73 bits per heavy atom. The van der Waals surface area contributed by atoms with E-state index >= 15 is 0 Å². The SMILES string of the molecule is CC(Nc1cc(Oc2ccc(C(C)(C)C)cc2)ccc1[N+](=O)[O-])C(N)=O. The number of nitrogens with zero attached hydrogens (tertiary/aromatic N) is 1. The highest BCUT2D eigenvalue weighted by Crippen LogP contribution is 2.32. The average Bonchev–Trinajstić information content (AvgIpc) is 2.54. The molecule has 0 bridgehead atoms. The molecule has 0 radical (unpaired) electrons. The monoisotopic (exact) mass is 357 g/mol. The van der Waals surface area contributed by atoms with Crippen LogP contribution in [0.3, 0.4) is 0 Å². The number of hydrogen-bond acceptors (Lipinski definition) is 5. The number of ether oxygens (including phenoxy) is 1. The molecule has 0 aliphatic heterocycles. The number of hydrogen-bond donors (Lipinski definition) is 2. The number of anilines is 1. The Hall–Kier alpha value is -3.09. The second kappa shape index (κ2) is 7.43. The third-order valence-corrected chi connectivity index (χ3v) is 3.92. The summed E-state index contributed by atoms with van der Waals surface area (Å²) in [6, 6.07) is 11.2. The fourth-order valence-electron chi connectivity index (χ4n) is 2.32. The van der Waals surface area contributed by atoms with Crippen LogP contribution >= 0.6 is 0 Å². The number of nitrogens with two attached hydrogens (primary N) is 1. The van der Waals surface area contributed by atoms with Gasteiger partial charge < -0.3 is 15.8 Å². The van der Waals surface area contributed by atoms with Crippen LogP contribution in [0.1, 0.15) is 33.3 Å². The van der Waals surface area contributed by atoms with Gasteiger partial charge in [0.1, 0.15) is 23.2 Å². The Kier molecular flexibility index (Phi) is 5.50. The number of primary amides is 1. The molecule has 0 spiro atoms. The molecule has 2 rings (SSSR count). The van der Waals surface area contributed by atoms with Crippen LogP contribution in [0.25, 0.3) is 0 Å². The van der Waals surface area contributed by atoms with Gasteiger partial charge in [0.15, 0.2) is 0 Å². The van der Waals surface area contributed by atoms with Crippen LogP contribution in [-0.4, -0.2) is 16.9 Å². The summed E-state index contributed by atoms with van der Waals surface area (Å²) in [5, 5.41) is 13.9. The molecule has 3 N–H and O–H groups in total. The van der Waals surface area contributed by atoms with Gasteiger partial charge in [0.25, 0.3) is 5.69 Å². The summed E-state index contributed by atoms with van der Waals surface area (Å²) in [5.74, 6) is 0.419. The maximum Gasteiger partial charge on any atom is 0.292 e. The molecule has 0 aromatic heterocycles. The van der Waals surface area contributed by atoms with Crippen molar-refractivity contribution in [3.8, 4) is 11.5 Å². The van der Waals surface area contributed by atoms with Crippen molar-refractivity contribution >= 4 is 17.3 Å². The fraction of sp³-hybridized carbons (Fsp3) is 0.316. The zero-order valence-corrected chi connectivity index (χ0v) is 15.3. The van der Waals surface area contributed by atoms with Gasteiger partial charge in [-0.3, -0.25) is 14.9 Å². The molecule has 26 heavy (non-hydrogen) atoms. The van der Waals surface area contributed by atoms with Crippen molar-refractivity contribution in [3.63, 3.8) is 0 Å². The van der Waals surface area contributed by atoms with E-state index in [4.69, 9.17) is 10.5 Å². The van der Waals surface area contributed by atoms with E-state index < -0.39 is 16.9 Å². The van der Waals surface area contributed by atoms with Crippen LogP contribution in [0.2, 0.25) is 0 Å². The number of benzene rings is 2. The van der Waals surface area contributed by atoms with E-state index in [1.165, 1.54) is 30.7 Å². The van der Waals surface area contributed by atoms with Gasteiger partial charge in [0, 0.05) is 12.1 Å². The molecular weight excluding hydrogens is 334 g/mol. The normalized spacial score (nSPS) is 12.3. The van der Waals surface area contributed by atoms with Crippen molar-refractivity contribution in [2.24, 2.45) is 5.73 Å². The zero-order valence-electron chi connectivity index (χ0n) is 15.3. The lowest BCUT2D eigenvalue weighted by Crippen LogP contribution is -2.32. The molecule has 7 nitrogen and oxygen atoms in total. The number of nitro benzene ring substituents is 1. The Bertz CT molecular complexity index is 811. The minimum Gasteiger partial charge on any atom is -0.457 e. The molecule has 0 saturated carbocycles. The fourth-order valence-corrected chi connectivity index (χ4v) is 2.32. The minimum atomic E-state index is -0.755. The maximum absolute atomic E-state index is 11.2. The molecule has 0 saturated heterocycles. The topological polar surface area (TPSA) is 107 Å². The van der Waals surface area contributed by atoms with Crippen molar-refractivity contribution in [1.82, 2.24) is 0 Å². The first-order valence-electron chi connectivity index (χ1n) is 8.20. The largest absolute Gasteiger partial charge is 0.457 e. The van der Waals surface area contributed by atoms with Crippen molar-refractivity contribution in [3.05, 3.63) is 58.1 Å². The van der Waals surface area contributed by atoms with E-state index in [-0.39, 0.29) is 16.8 Å². The molecule has 0 aliphatic rings. The summed E-state index contributed by atoms with van der Waals surface area (Å²) in [5.41, 5.74) is 6.44. The molecule has 1 atom stereocenters. The van der Waals surface area contributed by atoms with E-state index in [9.17, 15) is 14.9 Å². The first-order chi connectivity index (χ1) is 12.1. The predicted octanol–water partition coefficient (Wildman–Crippen LogP) is 3.97. The Labute approximate surface area is 152 Å². The Balaban J connectivity index is 2.27. The van der Waals surface area contributed by atoms with E-state index in [0.717, 1.165) is 0 Å². The lowest BCUT2D eigenvalue weighted by molar-refractivity contribution is -0.384. The number of carbonyl (C=O) groups excluding carboxylic acids is 1. The molecule has 7 heteroatoms. The van der Waals surface area contributed by atoms with Crippen molar-refractivity contribution in [2.45, 2.75) is 39.2 Å². The first kappa shape index (κ1) is 19.2. The third-order valence-electron chi connectivity index (χ3n) is 3.92. The molecule has 0 fully saturated rings. The average molecular weight is 357 g/mol. The lowest BCUT2D eigenvalue weighted by atomic mass is 9.87. The van der Waals surface area contributed by atoms with Crippen LogP contribution in [-0.2, 0) is 10.2 Å². The van der Waals surface area contributed by atoms with Gasteiger partial charge in [-0.15, -0.1) is 0 Å². The summed E-state index contributed by atoms with van der Waals surface area (Å²) in [6.45, 7) is 7.90. The van der Waals surface area contributed by atoms with E-state index in [2.05, 4.69) is 26.1 Å². The molecule has 2 aromatic rings. The van der Waals surface area contributed by atoms with Gasteiger partial charge in [0.05, 0.1) is 4.92 Å². The molecule has 0 aliphatic carbocycles. The molecule has 1 amide bonds. The number of nitro groups is 1. The van der Waals surface area contributed by atoms with Gasteiger partial charge >= 0.3 is 0 Å². The Morgan fingerprint density at radius 1 is 1.15 bits per heavy atom. The van der Waals surface area contributed by atoms with Gasteiger partial charge in [-0.2, -0.15) is 0 Å². The highest BCUT2D eigenvalue weighted by atomic mass is 16.6. The predicted molar refractivity (Wildman–Crippen MR) is 101 cm³/mol. The Morgan fingerprint density at radius 3 is 2.23 bits per heavy atom. The van der Waals surface area contributed by atoms with Crippen molar-refractivity contribution < 1.29 is 14.5 Å². The van der Waals surface area contributed by atoms with Crippen LogP contribution in [0.4, 0.5) is 11.4 Å².